The Bertz CT molecular complexity index is 936. The first-order valence-corrected chi connectivity index (χ1v) is 7.86. The third kappa shape index (κ3) is 3.03. The van der Waals surface area contributed by atoms with Crippen molar-refractivity contribution < 1.29 is 14.3 Å². The molecule has 0 saturated heterocycles. The summed E-state index contributed by atoms with van der Waals surface area (Å²) >= 11 is 0. The molecule has 0 bridgehead atoms. The van der Waals surface area contributed by atoms with Gasteiger partial charge >= 0.3 is 0 Å². The first kappa shape index (κ1) is 15.2. The highest BCUT2D eigenvalue weighted by Gasteiger charge is 2.15. The van der Waals surface area contributed by atoms with E-state index in [1.54, 1.807) is 24.5 Å². The van der Waals surface area contributed by atoms with Gasteiger partial charge < -0.3 is 19.4 Å². The number of fused-ring (bicyclic) bond motifs is 1. The second-order valence-corrected chi connectivity index (χ2v) is 5.66. The zero-order chi connectivity index (χ0) is 17.2. The molecule has 3 aromatic rings. The fourth-order valence-electron chi connectivity index (χ4n) is 2.67. The summed E-state index contributed by atoms with van der Waals surface area (Å²) < 4.78 is 12.8. The summed E-state index contributed by atoms with van der Waals surface area (Å²) in [6, 6.07) is 12.6. The number of anilines is 1. The first-order chi connectivity index (χ1) is 12.2. The predicted octanol–water partition coefficient (Wildman–Crippen LogP) is 2.51. The van der Waals surface area contributed by atoms with Crippen LogP contribution in [0.15, 0.2) is 48.8 Å². The molecule has 2 heterocycles. The van der Waals surface area contributed by atoms with E-state index in [-0.39, 0.29) is 5.91 Å². The molecule has 7 heteroatoms. The number of hydrogen-bond donors (Lipinski definition) is 1. The van der Waals surface area contributed by atoms with Crippen LogP contribution in [0.1, 0.15) is 10.4 Å². The maximum absolute atomic E-state index is 12.5. The van der Waals surface area contributed by atoms with Crippen LogP contribution in [0.25, 0.3) is 11.4 Å². The number of carbonyl (C=O) groups is 1. The fourth-order valence-corrected chi connectivity index (χ4v) is 2.67. The smallest absolute Gasteiger partial charge is 0.255 e. The zero-order valence-electron chi connectivity index (χ0n) is 13.6. The Balaban J connectivity index is 1.56. The fraction of sp³-hybridized carbons (Fsp3) is 0.167. The molecule has 0 atom stereocenters. The van der Waals surface area contributed by atoms with Gasteiger partial charge in [-0.3, -0.25) is 4.79 Å². The van der Waals surface area contributed by atoms with Crippen LogP contribution in [-0.2, 0) is 7.05 Å². The lowest BCUT2D eigenvalue weighted by Crippen LogP contribution is -2.17. The van der Waals surface area contributed by atoms with Crippen molar-refractivity contribution in [2.24, 2.45) is 7.05 Å². The summed E-state index contributed by atoms with van der Waals surface area (Å²) in [6.07, 6.45) is 1.63. The Hall–Kier alpha value is -3.35. The van der Waals surface area contributed by atoms with Crippen molar-refractivity contribution in [2.45, 2.75) is 0 Å². The molecule has 7 nitrogen and oxygen atoms in total. The molecule has 1 aromatic heterocycles. The Labute approximate surface area is 144 Å². The summed E-state index contributed by atoms with van der Waals surface area (Å²) in [5.74, 6) is 1.77. The third-order valence-electron chi connectivity index (χ3n) is 3.89. The Morgan fingerprint density at radius 1 is 1.12 bits per heavy atom. The number of rotatable bonds is 3. The molecule has 1 aliphatic rings. The van der Waals surface area contributed by atoms with E-state index in [2.05, 4.69) is 15.5 Å². The van der Waals surface area contributed by atoms with E-state index in [4.69, 9.17) is 9.47 Å². The molecule has 0 spiro atoms. The molecule has 2 aromatic carbocycles. The minimum Gasteiger partial charge on any atom is -0.486 e. The number of nitrogens with zero attached hydrogens (tertiary/aromatic N) is 3. The Kier molecular flexibility index (Phi) is 3.81. The molecule has 126 valence electrons. The maximum Gasteiger partial charge on any atom is 0.255 e. The topological polar surface area (TPSA) is 78.3 Å². The van der Waals surface area contributed by atoms with E-state index in [1.165, 1.54) is 0 Å². The molecule has 0 saturated carbocycles. The van der Waals surface area contributed by atoms with Gasteiger partial charge in [0.15, 0.2) is 17.3 Å². The number of aromatic nitrogens is 3. The SMILES string of the molecule is Cn1cnnc1-c1cccc(NC(=O)c2ccc3c(c2)OCCO3)c1. The van der Waals surface area contributed by atoms with Crippen molar-refractivity contribution in [2.75, 3.05) is 18.5 Å². The van der Waals surface area contributed by atoms with Crippen LogP contribution in [0.5, 0.6) is 11.5 Å². The molecule has 0 unspecified atom stereocenters. The van der Waals surface area contributed by atoms with E-state index in [1.807, 2.05) is 35.9 Å². The minimum atomic E-state index is -0.216. The van der Waals surface area contributed by atoms with Crippen LogP contribution < -0.4 is 14.8 Å². The number of ether oxygens (including phenoxy) is 2. The molecule has 25 heavy (non-hydrogen) atoms. The Morgan fingerprint density at radius 2 is 1.96 bits per heavy atom. The number of hydrogen-bond acceptors (Lipinski definition) is 5. The largest absolute Gasteiger partial charge is 0.486 e. The van der Waals surface area contributed by atoms with E-state index in [0.29, 0.717) is 36.0 Å². The van der Waals surface area contributed by atoms with Crippen molar-refractivity contribution in [3.05, 3.63) is 54.4 Å². The lowest BCUT2D eigenvalue weighted by molar-refractivity contribution is 0.102. The number of benzene rings is 2. The molecule has 1 amide bonds. The number of amides is 1. The van der Waals surface area contributed by atoms with Gasteiger partial charge in [0.2, 0.25) is 0 Å². The van der Waals surface area contributed by atoms with Crippen molar-refractivity contribution in [1.29, 1.82) is 0 Å². The molecule has 0 fully saturated rings. The molecular weight excluding hydrogens is 320 g/mol. The van der Waals surface area contributed by atoms with Gasteiger partial charge in [-0.25, -0.2) is 0 Å². The normalized spacial score (nSPS) is 12.7. The second-order valence-electron chi connectivity index (χ2n) is 5.66. The minimum absolute atomic E-state index is 0.216. The van der Waals surface area contributed by atoms with Crippen LogP contribution in [-0.4, -0.2) is 33.9 Å². The second kappa shape index (κ2) is 6.27. The van der Waals surface area contributed by atoms with E-state index < -0.39 is 0 Å². The van der Waals surface area contributed by atoms with E-state index in [9.17, 15) is 4.79 Å². The van der Waals surface area contributed by atoms with Gasteiger partial charge in [-0.1, -0.05) is 12.1 Å². The monoisotopic (exact) mass is 336 g/mol. The van der Waals surface area contributed by atoms with Crippen LogP contribution in [0.4, 0.5) is 5.69 Å². The highest BCUT2D eigenvalue weighted by atomic mass is 16.6. The molecule has 1 N–H and O–H groups in total. The molecular formula is C18H16N4O3. The number of aryl methyl sites for hydroxylation is 1. The zero-order valence-corrected chi connectivity index (χ0v) is 13.6. The molecule has 0 radical (unpaired) electrons. The van der Waals surface area contributed by atoms with E-state index in [0.717, 1.165) is 11.4 Å². The average Bonchev–Trinajstić information content (AvgIpc) is 3.07. The lowest BCUT2D eigenvalue weighted by atomic mass is 10.1. The number of carbonyl (C=O) groups excluding carboxylic acids is 1. The molecule has 1 aliphatic heterocycles. The summed E-state index contributed by atoms with van der Waals surface area (Å²) in [4.78, 5) is 12.5. The van der Waals surface area contributed by atoms with Crippen LogP contribution in [0.2, 0.25) is 0 Å². The van der Waals surface area contributed by atoms with Gasteiger partial charge in [0, 0.05) is 23.9 Å². The van der Waals surface area contributed by atoms with Gasteiger partial charge in [-0.2, -0.15) is 0 Å². The van der Waals surface area contributed by atoms with Crippen LogP contribution in [0, 0.1) is 0 Å². The first-order valence-electron chi connectivity index (χ1n) is 7.86. The van der Waals surface area contributed by atoms with Crippen molar-refractivity contribution in [3.63, 3.8) is 0 Å². The highest BCUT2D eigenvalue weighted by molar-refractivity contribution is 6.04. The molecule has 0 aliphatic carbocycles. The van der Waals surface area contributed by atoms with Crippen molar-refractivity contribution >= 4 is 11.6 Å². The maximum atomic E-state index is 12.5. The third-order valence-corrected chi connectivity index (χ3v) is 3.89. The van der Waals surface area contributed by atoms with Crippen molar-refractivity contribution in [1.82, 2.24) is 14.8 Å². The van der Waals surface area contributed by atoms with Gasteiger partial charge in [0.25, 0.3) is 5.91 Å². The van der Waals surface area contributed by atoms with Crippen LogP contribution >= 0.6 is 0 Å². The lowest BCUT2D eigenvalue weighted by Gasteiger charge is -2.18. The Morgan fingerprint density at radius 3 is 2.76 bits per heavy atom. The van der Waals surface area contributed by atoms with Gasteiger partial charge in [0.05, 0.1) is 0 Å². The average molecular weight is 336 g/mol. The highest BCUT2D eigenvalue weighted by Crippen LogP contribution is 2.31. The summed E-state index contributed by atoms with van der Waals surface area (Å²) in [7, 11) is 1.87. The summed E-state index contributed by atoms with van der Waals surface area (Å²) in [5.41, 5.74) is 2.06. The molecule has 4 rings (SSSR count). The van der Waals surface area contributed by atoms with Gasteiger partial charge in [-0.05, 0) is 30.3 Å². The van der Waals surface area contributed by atoms with E-state index >= 15 is 0 Å². The summed E-state index contributed by atoms with van der Waals surface area (Å²) in [6.45, 7) is 1.01. The van der Waals surface area contributed by atoms with Gasteiger partial charge in [-0.15, -0.1) is 10.2 Å². The van der Waals surface area contributed by atoms with Crippen LogP contribution in [0.3, 0.4) is 0 Å². The van der Waals surface area contributed by atoms with Gasteiger partial charge in [0.1, 0.15) is 19.5 Å². The number of nitrogens with one attached hydrogen (secondary N) is 1. The summed E-state index contributed by atoms with van der Waals surface area (Å²) in [5, 5.41) is 10.9. The van der Waals surface area contributed by atoms with Crippen molar-refractivity contribution in [3.8, 4) is 22.9 Å². The quantitative estimate of drug-likeness (QED) is 0.795. The predicted molar refractivity (Wildman–Crippen MR) is 91.8 cm³/mol. The standard InChI is InChI=1S/C18H16N4O3/c1-22-11-19-21-17(22)12-3-2-4-14(9-12)20-18(23)13-5-6-15-16(10-13)25-8-7-24-15/h2-6,9-11H,7-8H2,1H3,(H,20,23).